The van der Waals surface area contributed by atoms with Crippen LogP contribution < -0.4 is 0 Å². The standard InChI is InChI=1S/C38H28BrN.2C3H6.C2H6/c1-25-9-3-4-14-33(25)34-19-18-32(21-26(34)2)40-37-16-6-5-15-35(37)36-24-30(17-20-38(36)40)28-11-7-10-27(22-28)29-12-8-13-31(39)23-29;2*1-3-2;1-2/h3-24H,1-2H3;2*3H,1H2,2H3;1-2H3. The van der Waals surface area contributed by atoms with E-state index >= 15 is 0 Å². The van der Waals surface area contributed by atoms with Crippen LogP contribution in [0.2, 0.25) is 0 Å². The predicted molar refractivity (Wildman–Crippen MR) is 217 cm³/mol. The average molecular weight is 693 g/mol. The van der Waals surface area contributed by atoms with Gasteiger partial charge in [0.1, 0.15) is 0 Å². The highest BCUT2D eigenvalue weighted by Gasteiger charge is 2.15. The molecule has 1 aromatic heterocycles. The van der Waals surface area contributed by atoms with Gasteiger partial charge in [0.2, 0.25) is 0 Å². The van der Waals surface area contributed by atoms with Gasteiger partial charge in [-0.05, 0) is 121 Å². The molecule has 0 unspecified atom stereocenters. The molecule has 0 bridgehead atoms. The fraction of sp³-hybridized carbons (Fsp3) is 0.130. The van der Waals surface area contributed by atoms with E-state index in [4.69, 9.17) is 0 Å². The molecule has 0 atom stereocenters. The number of para-hydroxylation sites is 1. The van der Waals surface area contributed by atoms with Crippen LogP contribution in [-0.2, 0) is 0 Å². The van der Waals surface area contributed by atoms with E-state index in [1.54, 1.807) is 12.2 Å². The number of rotatable bonds is 4. The van der Waals surface area contributed by atoms with Gasteiger partial charge < -0.3 is 4.57 Å². The van der Waals surface area contributed by atoms with Crippen molar-refractivity contribution in [3.63, 3.8) is 0 Å². The van der Waals surface area contributed by atoms with Gasteiger partial charge in [0.15, 0.2) is 0 Å². The first-order chi connectivity index (χ1) is 23.4. The van der Waals surface area contributed by atoms with Gasteiger partial charge in [-0.2, -0.15) is 0 Å². The lowest BCUT2D eigenvalue weighted by Gasteiger charge is -2.14. The van der Waals surface area contributed by atoms with Gasteiger partial charge >= 0.3 is 0 Å². The summed E-state index contributed by atoms with van der Waals surface area (Å²) in [5.41, 5.74) is 13.6. The van der Waals surface area contributed by atoms with Crippen LogP contribution in [0.1, 0.15) is 38.8 Å². The molecule has 0 N–H and O–H groups in total. The summed E-state index contributed by atoms with van der Waals surface area (Å²) >= 11 is 3.62. The fourth-order valence-corrected chi connectivity index (χ4v) is 6.34. The summed E-state index contributed by atoms with van der Waals surface area (Å²) in [5, 5.41) is 2.53. The largest absolute Gasteiger partial charge is 0.309 e. The zero-order chi connectivity index (χ0) is 34.6. The van der Waals surface area contributed by atoms with Crippen molar-refractivity contribution in [1.82, 2.24) is 4.57 Å². The van der Waals surface area contributed by atoms with E-state index < -0.39 is 0 Å². The van der Waals surface area contributed by atoms with Crippen LogP contribution in [0.3, 0.4) is 0 Å². The van der Waals surface area contributed by atoms with Crippen molar-refractivity contribution in [3.05, 3.63) is 174 Å². The number of hydrogen-bond donors (Lipinski definition) is 0. The Morgan fingerprint density at radius 2 is 1.04 bits per heavy atom. The molecule has 2 heteroatoms. The van der Waals surface area contributed by atoms with Gasteiger partial charge in [-0.15, -0.1) is 13.2 Å². The Bertz CT molecular complexity index is 2140. The number of fused-ring (bicyclic) bond motifs is 3. The average Bonchev–Trinajstić information content (AvgIpc) is 3.44. The van der Waals surface area contributed by atoms with Gasteiger partial charge in [-0.3, -0.25) is 0 Å². The number of aryl methyl sites for hydroxylation is 2. The molecule has 1 nitrogen and oxygen atoms in total. The van der Waals surface area contributed by atoms with Gasteiger partial charge in [0.25, 0.3) is 0 Å². The Morgan fingerprint density at radius 3 is 1.69 bits per heavy atom. The van der Waals surface area contributed by atoms with Crippen molar-refractivity contribution in [2.45, 2.75) is 41.5 Å². The van der Waals surface area contributed by atoms with Crippen molar-refractivity contribution >= 4 is 37.7 Å². The van der Waals surface area contributed by atoms with E-state index in [0.29, 0.717) is 0 Å². The van der Waals surface area contributed by atoms with Gasteiger partial charge in [-0.25, -0.2) is 0 Å². The third-order valence-corrected chi connectivity index (χ3v) is 8.42. The van der Waals surface area contributed by atoms with Crippen molar-refractivity contribution in [1.29, 1.82) is 0 Å². The Balaban J connectivity index is 0.000000598. The highest BCUT2D eigenvalue weighted by atomic mass is 79.9. The smallest absolute Gasteiger partial charge is 0.0541 e. The number of allylic oxidation sites excluding steroid dienone is 2. The summed E-state index contributed by atoms with van der Waals surface area (Å²) in [5.74, 6) is 0. The lowest BCUT2D eigenvalue weighted by atomic mass is 9.96. The molecular formula is C46H46BrN. The van der Waals surface area contributed by atoms with Crippen molar-refractivity contribution in [3.8, 4) is 39.1 Å². The Hall–Kier alpha value is -4.92. The molecule has 0 saturated heterocycles. The van der Waals surface area contributed by atoms with E-state index in [1.807, 2.05) is 27.7 Å². The molecule has 0 aliphatic rings. The molecule has 0 spiro atoms. The number of benzene rings is 6. The van der Waals surface area contributed by atoms with Crippen LogP contribution in [0.4, 0.5) is 0 Å². The maximum Gasteiger partial charge on any atom is 0.0541 e. The highest BCUT2D eigenvalue weighted by Crippen LogP contribution is 2.37. The van der Waals surface area contributed by atoms with E-state index in [-0.39, 0.29) is 0 Å². The van der Waals surface area contributed by atoms with Crippen LogP contribution in [0.25, 0.3) is 60.9 Å². The quantitative estimate of drug-likeness (QED) is 0.162. The Morgan fingerprint density at radius 1 is 0.500 bits per heavy atom. The van der Waals surface area contributed by atoms with Gasteiger partial charge in [-0.1, -0.05) is 127 Å². The minimum atomic E-state index is 1.09. The molecule has 0 aliphatic heterocycles. The third kappa shape index (κ3) is 7.95. The van der Waals surface area contributed by atoms with Crippen LogP contribution in [0, 0.1) is 13.8 Å². The number of hydrogen-bond acceptors (Lipinski definition) is 0. The zero-order valence-electron chi connectivity index (χ0n) is 29.1. The molecule has 0 saturated carbocycles. The third-order valence-electron chi connectivity index (χ3n) is 7.93. The van der Waals surface area contributed by atoms with Crippen molar-refractivity contribution in [2.75, 3.05) is 0 Å². The SMILES string of the molecule is C=CC.C=CC.CC.Cc1ccccc1-c1ccc(-n2c3ccccc3c3cc(-c4cccc(-c5cccc(Br)c5)c4)ccc32)cc1C. The Labute approximate surface area is 296 Å². The van der Waals surface area contributed by atoms with Crippen LogP contribution in [-0.4, -0.2) is 4.57 Å². The molecular weight excluding hydrogens is 646 g/mol. The first-order valence-corrected chi connectivity index (χ1v) is 17.4. The first kappa shape index (κ1) is 35.9. The molecule has 7 aromatic rings. The second kappa shape index (κ2) is 17.3. The summed E-state index contributed by atoms with van der Waals surface area (Å²) in [4.78, 5) is 0. The van der Waals surface area contributed by atoms with E-state index in [1.165, 1.54) is 72.0 Å². The van der Waals surface area contributed by atoms with Crippen LogP contribution in [0.5, 0.6) is 0 Å². The van der Waals surface area contributed by atoms with Crippen molar-refractivity contribution in [2.24, 2.45) is 0 Å². The fourth-order valence-electron chi connectivity index (χ4n) is 5.94. The van der Waals surface area contributed by atoms with E-state index in [0.717, 1.165) is 4.47 Å². The molecule has 0 aliphatic carbocycles. The summed E-state index contributed by atoms with van der Waals surface area (Å²) in [7, 11) is 0. The number of nitrogens with zero attached hydrogens (tertiary/aromatic N) is 1. The number of halogens is 1. The molecule has 6 aromatic carbocycles. The van der Waals surface area contributed by atoms with Gasteiger partial charge in [0, 0.05) is 20.9 Å². The normalized spacial score (nSPS) is 10.1. The second-order valence-electron chi connectivity index (χ2n) is 11.3. The summed E-state index contributed by atoms with van der Waals surface area (Å²) in [6, 6.07) is 48.4. The molecule has 7 rings (SSSR count). The predicted octanol–water partition coefficient (Wildman–Crippen LogP) is 14.6. The maximum atomic E-state index is 3.62. The van der Waals surface area contributed by atoms with E-state index in [9.17, 15) is 0 Å². The summed E-state index contributed by atoms with van der Waals surface area (Å²) in [6.45, 7) is 18.9. The maximum absolute atomic E-state index is 3.62. The second-order valence-corrected chi connectivity index (χ2v) is 12.2. The molecule has 0 amide bonds. The van der Waals surface area contributed by atoms with Gasteiger partial charge in [0.05, 0.1) is 11.0 Å². The first-order valence-electron chi connectivity index (χ1n) is 16.6. The Kier molecular flexibility index (Phi) is 12.9. The highest BCUT2D eigenvalue weighted by molar-refractivity contribution is 9.10. The monoisotopic (exact) mass is 691 g/mol. The molecule has 1 heterocycles. The molecule has 242 valence electrons. The van der Waals surface area contributed by atoms with Crippen LogP contribution >= 0.6 is 15.9 Å². The zero-order valence-corrected chi connectivity index (χ0v) is 30.7. The molecule has 0 radical (unpaired) electrons. The lowest BCUT2D eigenvalue weighted by Crippen LogP contribution is -1.96. The minimum absolute atomic E-state index is 1.09. The molecule has 48 heavy (non-hydrogen) atoms. The van der Waals surface area contributed by atoms with Crippen LogP contribution in [0.15, 0.2) is 163 Å². The lowest BCUT2D eigenvalue weighted by molar-refractivity contribution is 1.17. The molecule has 0 fully saturated rings. The number of aromatic nitrogens is 1. The van der Waals surface area contributed by atoms with E-state index in [2.05, 4.69) is 181 Å². The summed E-state index contributed by atoms with van der Waals surface area (Å²) < 4.78 is 3.49. The minimum Gasteiger partial charge on any atom is -0.309 e. The topological polar surface area (TPSA) is 4.93 Å². The summed E-state index contributed by atoms with van der Waals surface area (Å²) in [6.07, 6.45) is 3.50. The van der Waals surface area contributed by atoms with Crippen molar-refractivity contribution < 1.29 is 0 Å².